The third-order valence-electron chi connectivity index (χ3n) is 4.13. The number of aryl methyl sites for hydroxylation is 1. The molecular formula is C18H19FN2O3S. The molecule has 1 amide bonds. The molecule has 0 unspecified atom stereocenters. The highest BCUT2D eigenvalue weighted by atomic mass is 32.1. The summed E-state index contributed by atoms with van der Waals surface area (Å²) in [7, 11) is 1.33. The van der Waals surface area contributed by atoms with Gasteiger partial charge in [0.1, 0.15) is 10.8 Å². The van der Waals surface area contributed by atoms with E-state index in [1.54, 1.807) is 18.2 Å². The first kappa shape index (κ1) is 17.4. The number of esters is 1. The van der Waals surface area contributed by atoms with E-state index in [2.05, 4.69) is 10.6 Å². The number of nitrogens with one attached hydrogen (secondary N) is 2. The molecule has 0 spiro atoms. The summed E-state index contributed by atoms with van der Waals surface area (Å²) in [4.78, 5) is 25.5. The molecule has 1 aliphatic carbocycles. The van der Waals surface area contributed by atoms with Crippen LogP contribution in [0.3, 0.4) is 0 Å². The minimum Gasteiger partial charge on any atom is -0.465 e. The van der Waals surface area contributed by atoms with Crippen molar-refractivity contribution in [2.45, 2.75) is 25.7 Å². The molecule has 2 aromatic rings. The number of carbonyl (C=O) groups is 2. The van der Waals surface area contributed by atoms with Gasteiger partial charge in [0.15, 0.2) is 0 Å². The number of amides is 1. The summed E-state index contributed by atoms with van der Waals surface area (Å²) in [6.07, 6.45) is 3.83. The van der Waals surface area contributed by atoms with E-state index in [0.29, 0.717) is 10.6 Å². The minimum atomic E-state index is -0.434. The Bertz CT molecular complexity index is 804. The summed E-state index contributed by atoms with van der Waals surface area (Å²) < 4.78 is 18.5. The summed E-state index contributed by atoms with van der Waals surface area (Å²) in [6, 6.07) is 6.15. The minimum absolute atomic E-state index is 0.0931. The number of carbonyl (C=O) groups excluding carboxylic acids is 2. The summed E-state index contributed by atoms with van der Waals surface area (Å²) in [5.74, 6) is -1.19. The van der Waals surface area contributed by atoms with Gasteiger partial charge in [-0.25, -0.2) is 9.18 Å². The Morgan fingerprint density at radius 2 is 2.00 bits per heavy atom. The van der Waals surface area contributed by atoms with Crippen LogP contribution in [0.25, 0.3) is 0 Å². The van der Waals surface area contributed by atoms with Crippen molar-refractivity contribution >= 4 is 33.9 Å². The highest BCUT2D eigenvalue weighted by Gasteiger charge is 2.26. The second kappa shape index (κ2) is 7.65. The number of anilines is 2. The van der Waals surface area contributed by atoms with Gasteiger partial charge in [-0.1, -0.05) is 12.1 Å². The Hall–Kier alpha value is -2.41. The van der Waals surface area contributed by atoms with E-state index in [9.17, 15) is 14.0 Å². The normalized spacial score (nSPS) is 13.0. The van der Waals surface area contributed by atoms with Gasteiger partial charge in [0.25, 0.3) is 0 Å². The molecule has 0 aliphatic heterocycles. The van der Waals surface area contributed by atoms with E-state index in [1.807, 2.05) is 0 Å². The first-order valence-electron chi connectivity index (χ1n) is 8.11. The van der Waals surface area contributed by atoms with E-state index in [4.69, 9.17) is 4.74 Å². The van der Waals surface area contributed by atoms with Crippen LogP contribution in [0, 0.1) is 5.82 Å². The molecule has 0 radical (unpaired) electrons. The fraction of sp³-hybridized carbons (Fsp3) is 0.333. The number of ether oxygens (including phenoxy) is 1. The highest BCUT2D eigenvalue weighted by Crippen LogP contribution is 2.38. The number of para-hydroxylation sites is 1. The van der Waals surface area contributed by atoms with Gasteiger partial charge in [-0.15, -0.1) is 11.3 Å². The maximum absolute atomic E-state index is 13.6. The smallest absolute Gasteiger partial charge is 0.341 e. The van der Waals surface area contributed by atoms with Crippen LogP contribution in [0.1, 0.15) is 33.6 Å². The fourth-order valence-electron chi connectivity index (χ4n) is 2.92. The molecule has 7 heteroatoms. The quantitative estimate of drug-likeness (QED) is 0.798. The Morgan fingerprint density at radius 1 is 1.24 bits per heavy atom. The van der Waals surface area contributed by atoms with Gasteiger partial charge in [-0.2, -0.15) is 0 Å². The zero-order chi connectivity index (χ0) is 17.8. The number of halogens is 1. The summed E-state index contributed by atoms with van der Waals surface area (Å²) in [6.45, 7) is -0.0931. The molecule has 2 N–H and O–H groups in total. The monoisotopic (exact) mass is 362 g/mol. The van der Waals surface area contributed by atoms with Gasteiger partial charge in [0.05, 0.1) is 24.9 Å². The zero-order valence-electron chi connectivity index (χ0n) is 13.9. The van der Waals surface area contributed by atoms with Crippen molar-refractivity contribution in [2.24, 2.45) is 0 Å². The van der Waals surface area contributed by atoms with Crippen molar-refractivity contribution in [3.63, 3.8) is 0 Å². The van der Waals surface area contributed by atoms with Crippen molar-refractivity contribution < 1.29 is 18.7 Å². The van der Waals surface area contributed by atoms with Gasteiger partial charge in [0.2, 0.25) is 5.91 Å². The van der Waals surface area contributed by atoms with Crippen molar-refractivity contribution in [1.29, 1.82) is 0 Å². The number of thiophene rings is 1. The summed E-state index contributed by atoms with van der Waals surface area (Å²) in [5, 5.41) is 6.04. The van der Waals surface area contributed by atoms with Gasteiger partial charge >= 0.3 is 5.97 Å². The zero-order valence-corrected chi connectivity index (χ0v) is 14.7. The molecule has 0 fully saturated rings. The van der Waals surface area contributed by atoms with Crippen LogP contribution in [-0.4, -0.2) is 25.5 Å². The molecule has 0 saturated heterocycles. The van der Waals surface area contributed by atoms with Crippen LogP contribution in [0.4, 0.5) is 15.1 Å². The third kappa shape index (κ3) is 3.82. The Morgan fingerprint density at radius 3 is 2.76 bits per heavy atom. The number of benzene rings is 1. The molecule has 1 aliphatic rings. The molecule has 1 heterocycles. The molecule has 3 rings (SSSR count). The van der Waals surface area contributed by atoms with Crippen LogP contribution in [0.2, 0.25) is 0 Å². The van der Waals surface area contributed by atoms with Gasteiger partial charge in [0, 0.05) is 4.88 Å². The molecule has 0 bridgehead atoms. The molecule has 25 heavy (non-hydrogen) atoms. The molecule has 5 nitrogen and oxygen atoms in total. The van der Waals surface area contributed by atoms with Crippen LogP contribution in [0.5, 0.6) is 0 Å². The second-order valence-electron chi connectivity index (χ2n) is 5.79. The molecule has 0 saturated carbocycles. The standard InChI is InChI=1S/C18H19FN2O3S/c1-24-18(23)16-11-6-2-5-9-14(11)25-17(16)21-15(22)10-20-13-8-4-3-7-12(13)19/h3-4,7-8,20H,2,5-6,9-10H2,1H3,(H,21,22). The van der Waals surface area contributed by atoms with Gasteiger partial charge in [-0.3, -0.25) is 4.79 Å². The van der Waals surface area contributed by atoms with Crippen LogP contribution in [0.15, 0.2) is 24.3 Å². The predicted molar refractivity (Wildman–Crippen MR) is 95.8 cm³/mol. The first-order valence-corrected chi connectivity index (χ1v) is 8.93. The Labute approximate surface area is 149 Å². The molecule has 1 aromatic carbocycles. The lowest BCUT2D eigenvalue weighted by Crippen LogP contribution is -2.23. The van der Waals surface area contributed by atoms with Gasteiger partial charge < -0.3 is 15.4 Å². The Kier molecular flexibility index (Phi) is 5.33. The maximum atomic E-state index is 13.6. The topological polar surface area (TPSA) is 67.4 Å². The Balaban J connectivity index is 1.73. The number of hydrogen-bond acceptors (Lipinski definition) is 5. The molecule has 0 atom stereocenters. The number of fused-ring (bicyclic) bond motifs is 1. The number of hydrogen-bond donors (Lipinski definition) is 2. The number of rotatable bonds is 5. The van der Waals surface area contributed by atoms with Gasteiger partial charge in [-0.05, 0) is 43.4 Å². The first-order chi connectivity index (χ1) is 12.1. The average molecular weight is 362 g/mol. The van der Waals surface area contributed by atoms with E-state index < -0.39 is 11.8 Å². The lowest BCUT2D eigenvalue weighted by atomic mass is 9.95. The summed E-state index contributed by atoms with van der Waals surface area (Å²) >= 11 is 1.42. The lowest BCUT2D eigenvalue weighted by molar-refractivity contribution is -0.114. The van der Waals surface area contributed by atoms with Crippen LogP contribution < -0.4 is 10.6 Å². The second-order valence-corrected chi connectivity index (χ2v) is 6.89. The van der Waals surface area contributed by atoms with E-state index in [1.165, 1.54) is 24.5 Å². The molecule has 132 valence electrons. The van der Waals surface area contributed by atoms with E-state index >= 15 is 0 Å². The predicted octanol–water partition coefficient (Wildman–Crippen LogP) is 3.60. The summed E-state index contributed by atoms with van der Waals surface area (Å²) in [5.41, 5.74) is 1.71. The lowest BCUT2D eigenvalue weighted by Gasteiger charge is -2.12. The highest BCUT2D eigenvalue weighted by molar-refractivity contribution is 7.17. The number of methoxy groups -OCH3 is 1. The van der Waals surface area contributed by atoms with Crippen molar-refractivity contribution in [2.75, 3.05) is 24.3 Å². The molecule has 1 aromatic heterocycles. The van der Waals surface area contributed by atoms with Crippen molar-refractivity contribution in [1.82, 2.24) is 0 Å². The van der Waals surface area contributed by atoms with E-state index in [-0.39, 0.29) is 18.1 Å². The third-order valence-corrected chi connectivity index (χ3v) is 5.33. The van der Waals surface area contributed by atoms with Crippen LogP contribution >= 0.6 is 11.3 Å². The maximum Gasteiger partial charge on any atom is 0.341 e. The molecular weight excluding hydrogens is 343 g/mol. The van der Waals surface area contributed by atoms with Crippen molar-refractivity contribution in [3.8, 4) is 0 Å². The fourth-order valence-corrected chi connectivity index (χ4v) is 4.22. The van der Waals surface area contributed by atoms with Crippen LogP contribution in [-0.2, 0) is 22.4 Å². The largest absolute Gasteiger partial charge is 0.465 e. The SMILES string of the molecule is COC(=O)c1c(NC(=O)CNc2ccccc2F)sc2c1CCCC2. The van der Waals surface area contributed by atoms with E-state index in [0.717, 1.165) is 36.1 Å². The average Bonchev–Trinajstić information content (AvgIpc) is 2.98. The van der Waals surface area contributed by atoms with Crippen molar-refractivity contribution in [3.05, 3.63) is 46.1 Å².